The molecule has 0 aliphatic heterocycles. The third-order valence-corrected chi connectivity index (χ3v) is 7.32. The predicted octanol–water partition coefficient (Wildman–Crippen LogP) is 9.41. The maximum Gasteiger partial charge on any atom is 0.343 e. The van der Waals surface area contributed by atoms with Crippen LogP contribution in [0.3, 0.4) is 0 Å². The normalized spacial score (nSPS) is 11.9. The molecule has 1 heterocycles. The van der Waals surface area contributed by atoms with Crippen molar-refractivity contribution in [3.8, 4) is 17.1 Å². The summed E-state index contributed by atoms with van der Waals surface area (Å²) in [5.74, 6) is 1.52. The molecule has 0 N–H and O–H groups in total. The Labute approximate surface area is 230 Å². The molecule has 2 aromatic carbocycles. The minimum absolute atomic E-state index is 0.362. The van der Waals surface area contributed by atoms with Crippen molar-refractivity contribution >= 4 is 5.97 Å². The molecule has 1 atom stereocenters. The van der Waals surface area contributed by atoms with Crippen molar-refractivity contribution < 1.29 is 9.53 Å². The first-order valence-corrected chi connectivity index (χ1v) is 14.8. The SMILES string of the molecule is CCCCCCCCCCCCc1cnc(-c2ccc(C(=O)Oc3ccc(CC(C)CC)cc3)cc2)nc1. The molecular weight excluding hydrogens is 468 g/mol. The topological polar surface area (TPSA) is 52.1 Å². The highest BCUT2D eigenvalue weighted by Gasteiger charge is 2.10. The van der Waals surface area contributed by atoms with Gasteiger partial charge < -0.3 is 4.74 Å². The second kappa shape index (κ2) is 16.8. The Morgan fingerprint density at radius 3 is 1.89 bits per heavy atom. The Morgan fingerprint density at radius 2 is 1.32 bits per heavy atom. The van der Waals surface area contributed by atoms with Crippen LogP contribution in [-0.2, 0) is 12.8 Å². The van der Waals surface area contributed by atoms with Gasteiger partial charge in [0.25, 0.3) is 0 Å². The molecule has 38 heavy (non-hydrogen) atoms. The van der Waals surface area contributed by atoms with Gasteiger partial charge in [-0.1, -0.05) is 109 Å². The van der Waals surface area contributed by atoms with E-state index in [0.29, 0.717) is 23.1 Å². The van der Waals surface area contributed by atoms with E-state index >= 15 is 0 Å². The summed E-state index contributed by atoms with van der Waals surface area (Å²) in [6.07, 6.45) is 20.5. The molecule has 3 rings (SSSR count). The number of nitrogens with zero attached hydrogens (tertiary/aromatic N) is 2. The van der Waals surface area contributed by atoms with E-state index in [1.54, 1.807) is 12.1 Å². The summed E-state index contributed by atoms with van der Waals surface area (Å²) in [5, 5.41) is 0. The lowest BCUT2D eigenvalue weighted by molar-refractivity contribution is 0.0734. The third kappa shape index (κ3) is 10.4. The van der Waals surface area contributed by atoms with E-state index in [9.17, 15) is 4.79 Å². The standard InChI is InChI=1S/C34H46N2O2/c1-4-6-7-8-9-10-11-12-13-14-15-29-25-35-33(36-26-29)30-18-20-31(21-19-30)34(37)38-32-22-16-28(17-23-32)24-27(3)5-2/h16-23,25-27H,4-15,24H2,1-3H3. The molecule has 0 saturated heterocycles. The number of hydrogen-bond acceptors (Lipinski definition) is 4. The Bertz CT molecular complexity index is 1060. The largest absolute Gasteiger partial charge is 0.423 e. The summed E-state index contributed by atoms with van der Waals surface area (Å²) in [7, 11) is 0. The number of ether oxygens (including phenoxy) is 1. The van der Waals surface area contributed by atoms with Crippen LogP contribution in [0.25, 0.3) is 11.4 Å². The molecule has 4 heteroatoms. The number of hydrogen-bond donors (Lipinski definition) is 0. The van der Waals surface area contributed by atoms with Gasteiger partial charge in [0.15, 0.2) is 5.82 Å². The molecule has 204 valence electrons. The average molecular weight is 515 g/mol. The van der Waals surface area contributed by atoms with Crippen LogP contribution < -0.4 is 4.74 Å². The number of carbonyl (C=O) groups excluding carboxylic acids is 1. The highest BCUT2D eigenvalue weighted by Crippen LogP contribution is 2.20. The lowest BCUT2D eigenvalue weighted by Crippen LogP contribution is -2.08. The van der Waals surface area contributed by atoms with E-state index in [-0.39, 0.29) is 5.97 Å². The molecule has 0 aliphatic carbocycles. The number of aromatic nitrogens is 2. The number of carbonyl (C=O) groups is 1. The monoisotopic (exact) mass is 514 g/mol. The Balaban J connectivity index is 1.39. The van der Waals surface area contributed by atoms with Crippen LogP contribution in [0, 0.1) is 5.92 Å². The molecule has 3 aromatic rings. The lowest BCUT2D eigenvalue weighted by atomic mass is 9.99. The van der Waals surface area contributed by atoms with Gasteiger partial charge in [0.05, 0.1) is 5.56 Å². The number of unbranched alkanes of at least 4 members (excludes halogenated alkanes) is 9. The number of benzene rings is 2. The zero-order chi connectivity index (χ0) is 27.0. The number of rotatable bonds is 17. The minimum Gasteiger partial charge on any atom is -0.423 e. The summed E-state index contributed by atoms with van der Waals surface area (Å²) >= 11 is 0. The van der Waals surface area contributed by atoms with Crippen molar-refractivity contribution in [1.82, 2.24) is 9.97 Å². The first-order valence-electron chi connectivity index (χ1n) is 14.8. The van der Waals surface area contributed by atoms with Gasteiger partial charge in [-0.15, -0.1) is 0 Å². The molecule has 0 fully saturated rings. The lowest BCUT2D eigenvalue weighted by Gasteiger charge is -2.09. The minimum atomic E-state index is -0.362. The van der Waals surface area contributed by atoms with E-state index < -0.39 is 0 Å². The van der Waals surface area contributed by atoms with Crippen LogP contribution in [0.1, 0.15) is 113 Å². The highest BCUT2D eigenvalue weighted by molar-refractivity contribution is 5.91. The first kappa shape index (κ1) is 29.5. The summed E-state index contributed by atoms with van der Waals surface area (Å²) in [6.45, 7) is 6.72. The quantitative estimate of drug-likeness (QED) is 0.102. The van der Waals surface area contributed by atoms with Crippen LogP contribution in [-0.4, -0.2) is 15.9 Å². The van der Waals surface area contributed by atoms with Gasteiger partial charge >= 0.3 is 5.97 Å². The Kier molecular flexibility index (Phi) is 13.0. The average Bonchev–Trinajstić information content (AvgIpc) is 2.95. The number of aryl methyl sites for hydroxylation is 1. The smallest absolute Gasteiger partial charge is 0.343 e. The second-order valence-electron chi connectivity index (χ2n) is 10.7. The van der Waals surface area contributed by atoms with Crippen LogP contribution in [0.15, 0.2) is 60.9 Å². The van der Waals surface area contributed by atoms with E-state index in [1.807, 2.05) is 48.8 Å². The van der Waals surface area contributed by atoms with Gasteiger partial charge in [0.2, 0.25) is 0 Å². The molecule has 1 unspecified atom stereocenters. The maximum absolute atomic E-state index is 12.6. The van der Waals surface area contributed by atoms with Gasteiger partial charge in [-0.05, 0) is 60.6 Å². The summed E-state index contributed by atoms with van der Waals surface area (Å²) in [4.78, 5) is 21.7. The van der Waals surface area contributed by atoms with E-state index in [1.165, 1.54) is 75.3 Å². The molecule has 0 spiro atoms. The fraction of sp³-hybridized carbons (Fsp3) is 0.500. The van der Waals surface area contributed by atoms with Crippen molar-refractivity contribution in [1.29, 1.82) is 0 Å². The first-order chi connectivity index (χ1) is 18.6. The molecule has 4 nitrogen and oxygen atoms in total. The van der Waals surface area contributed by atoms with Gasteiger partial charge in [-0.3, -0.25) is 0 Å². The van der Waals surface area contributed by atoms with E-state index in [4.69, 9.17) is 4.74 Å². The van der Waals surface area contributed by atoms with Crippen molar-refractivity contribution in [2.45, 2.75) is 104 Å². The summed E-state index contributed by atoms with van der Waals surface area (Å²) in [6, 6.07) is 15.1. The van der Waals surface area contributed by atoms with Gasteiger partial charge in [0, 0.05) is 18.0 Å². The second-order valence-corrected chi connectivity index (χ2v) is 10.7. The van der Waals surface area contributed by atoms with Crippen LogP contribution >= 0.6 is 0 Å². The van der Waals surface area contributed by atoms with Gasteiger partial charge in [-0.25, -0.2) is 14.8 Å². The van der Waals surface area contributed by atoms with Crippen LogP contribution in [0.2, 0.25) is 0 Å². The molecule has 0 amide bonds. The Morgan fingerprint density at radius 1 is 0.737 bits per heavy atom. The van der Waals surface area contributed by atoms with Gasteiger partial charge in [0.1, 0.15) is 5.75 Å². The highest BCUT2D eigenvalue weighted by atomic mass is 16.5. The zero-order valence-electron chi connectivity index (χ0n) is 23.8. The van der Waals surface area contributed by atoms with Crippen molar-refractivity contribution in [3.63, 3.8) is 0 Å². The van der Waals surface area contributed by atoms with E-state index in [2.05, 4.69) is 30.7 Å². The van der Waals surface area contributed by atoms with Crippen LogP contribution in [0.4, 0.5) is 0 Å². The molecule has 0 bridgehead atoms. The number of esters is 1. The van der Waals surface area contributed by atoms with Crippen molar-refractivity contribution in [2.24, 2.45) is 5.92 Å². The molecule has 0 saturated carbocycles. The van der Waals surface area contributed by atoms with Crippen molar-refractivity contribution in [3.05, 3.63) is 77.6 Å². The predicted molar refractivity (Wildman–Crippen MR) is 158 cm³/mol. The molecule has 0 radical (unpaired) electrons. The van der Waals surface area contributed by atoms with Crippen LogP contribution in [0.5, 0.6) is 5.75 Å². The molecule has 1 aromatic heterocycles. The summed E-state index contributed by atoms with van der Waals surface area (Å²) < 4.78 is 5.57. The molecular formula is C34H46N2O2. The maximum atomic E-state index is 12.6. The molecule has 0 aliphatic rings. The fourth-order valence-corrected chi connectivity index (χ4v) is 4.61. The Hall–Kier alpha value is -3.01. The zero-order valence-corrected chi connectivity index (χ0v) is 23.8. The van der Waals surface area contributed by atoms with Crippen molar-refractivity contribution in [2.75, 3.05) is 0 Å². The third-order valence-electron chi connectivity index (χ3n) is 7.32. The summed E-state index contributed by atoms with van der Waals surface area (Å²) in [5.41, 5.74) is 3.85. The van der Waals surface area contributed by atoms with E-state index in [0.717, 1.165) is 24.8 Å². The van der Waals surface area contributed by atoms with Gasteiger partial charge in [-0.2, -0.15) is 0 Å². The fourth-order valence-electron chi connectivity index (χ4n) is 4.61.